The zero-order chi connectivity index (χ0) is 14.4. The molecule has 0 aliphatic carbocycles. The van der Waals surface area contributed by atoms with E-state index in [0.29, 0.717) is 24.5 Å². The van der Waals surface area contributed by atoms with Gasteiger partial charge in [-0.05, 0) is 18.6 Å². The van der Waals surface area contributed by atoms with Gasteiger partial charge in [-0.2, -0.15) is 5.26 Å². The number of hydrogen-bond donors (Lipinski definition) is 0. The van der Waals surface area contributed by atoms with Gasteiger partial charge in [0, 0.05) is 18.9 Å². The Morgan fingerprint density at radius 2 is 1.90 bits per heavy atom. The standard InChI is InChI=1S/C15H17N3O2/c1-2-7-17-8-9-18(15(17)19)10-11-20-14-6-4-3-5-13(14)12-16/h3-6,8-9H,2,7,10-11H2,1H3. The average Bonchev–Trinajstić information content (AvgIpc) is 2.81. The van der Waals surface area contributed by atoms with E-state index in [-0.39, 0.29) is 5.69 Å². The van der Waals surface area contributed by atoms with Crippen LogP contribution in [0.3, 0.4) is 0 Å². The number of benzene rings is 1. The molecular weight excluding hydrogens is 254 g/mol. The summed E-state index contributed by atoms with van der Waals surface area (Å²) in [6.07, 6.45) is 4.47. The summed E-state index contributed by atoms with van der Waals surface area (Å²) in [6.45, 7) is 3.58. The van der Waals surface area contributed by atoms with Crippen LogP contribution in [0, 0.1) is 11.3 Å². The van der Waals surface area contributed by atoms with Crippen molar-refractivity contribution < 1.29 is 4.74 Å². The Kier molecular flexibility index (Phi) is 4.61. The van der Waals surface area contributed by atoms with Crippen LogP contribution in [-0.2, 0) is 13.1 Å². The van der Waals surface area contributed by atoms with E-state index in [4.69, 9.17) is 10.00 Å². The van der Waals surface area contributed by atoms with Gasteiger partial charge in [0.2, 0.25) is 0 Å². The van der Waals surface area contributed by atoms with Crippen molar-refractivity contribution in [1.29, 1.82) is 5.26 Å². The van der Waals surface area contributed by atoms with Crippen molar-refractivity contribution in [2.24, 2.45) is 0 Å². The van der Waals surface area contributed by atoms with Gasteiger partial charge in [-0.3, -0.25) is 9.13 Å². The van der Waals surface area contributed by atoms with Gasteiger partial charge in [-0.15, -0.1) is 0 Å². The van der Waals surface area contributed by atoms with Crippen molar-refractivity contribution in [3.63, 3.8) is 0 Å². The van der Waals surface area contributed by atoms with Crippen molar-refractivity contribution in [3.05, 3.63) is 52.7 Å². The molecule has 0 saturated heterocycles. The SMILES string of the molecule is CCCn1ccn(CCOc2ccccc2C#N)c1=O. The quantitative estimate of drug-likeness (QED) is 0.807. The first-order valence-electron chi connectivity index (χ1n) is 6.63. The van der Waals surface area contributed by atoms with Gasteiger partial charge >= 0.3 is 5.69 Å². The fourth-order valence-corrected chi connectivity index (χ4v) is 1.97. The predicted octanol–water partition coefficient (Wildman–Crippen LogP) is 2.01. The molecule has 1 aromatic heterocycles. The number of ether oxygens (including phenoxy) is 1. The highest BCUT2D eigenvalue weighted by atomic mass is 16.5. The number of imidazole rings is 1. The smallest absolute Gasteiger partial charge is 0.328 e. The molecule has 2 rings (SSSR count). The third-order valence-corrected chi connectivity index (χ3v) is 2.98. The van der Waals surface area contributed by atoms with Crippen LogP contribution in [-0.4, -0.2) is 15.7 Å². The highest BCUT2D eigenvalue weighted by molar-refractivity contribution is 5.42. The molecule has 5 nitrogen and oxygen atoms in total. The molecule has 5 heteroatoms. The van der Waals surface area contributed by atoms with Gasteiger partial charge in [-0.25, -0.2) is 4.79 Å². The molecule has 0 aliphatic rings. The van der Waals surface area contributed by atoms with E-state index in [1.165, 1.54) is 0 Å². The molecule has 0 saturated carbocycles. The molecule has 0 unspecified atom stereocenters. The minimum atomic E-state index is -0.0241. The topological polar surface area (TPSA) is 59.9 Å². The number of nitrogens with zero attached hydrogens (tertiary/aromatic N) is 3. The third kappa shape index (κ3) is 3.09. The molecule has 104 valence electrons. The van der Waals surface area contributed by atoms with Crippen molar-refractivity contribution in [1.82, 2.24) is 9.13 Å². The Morgan fingerprint density at radius 1 is 1.20 bits per heavy atom. The Hall–Kier alpha value is -2.48. The Morgan fingerprint density at radius 3 is 2.60 bits per heavy atom. The first kappa shape index (κ1) is 13.9. The highest BCUT2D eigenvalue weighted by Gasteiger charge is 2.04. The summed E-state index contributed by atoms with van der Waals surface area (Å²) in [5, 5.41) is 8.95. The summed E-state index contributed by atoms with van der Waals surface area (Å²) in [5.41, 5.74) is 0.479. The molecule has 0 fully saturated rings. The van der Waals surface area contributed by atoms with Gasteiger partial charge in [0.1, 0.15) is 18.4 Å². The lowest BCUT2D eigenvalue weighted by atomic mass is 10.2. The van der Waals surface area contributed by atoms with Gasteiger partial charge in [0.15, 0.2) is 0 Å². The number of nitriles is 1. The number of para-hydroxylation sites is 1. The minimum Gasteiger partial charge on any atom is -0.490 e. The summed E-state index contributed by atoms with van der Waals surface area (Å²) < 4.78 is 8.86. The van der Waals surface area contributed by atoms with E-state index in [1.807, 2.05) is 13.0 Å². The molecule has 0 bridgehead atoms. The molecule has 0 spiro atoms. The van der Waals surface area contributed by atoms with Gasteiger partial charge in [0.05, 0.1) is 12.1 Å². The third-order valence-electron chi connectivity index (χ3n) is 2.98. The van der Waals surface area contributed by atoms with Crippen LogP contribution in [0.2, 0.25) is 0 Å². The summed E-state index contributed by atoms with van der Waals surface area (Å²) >= 11 is 0. The predicted molar refractivity (Wildman–Crippen MR) is 75.6 cm³/mol. The number of rotatable bonds is 6. The van der Waals surface area contributed by atoms with Crippen LogP contribution >= 0.6 is 0 Å². The normalized spacial score (nSPS) is 10.2. The monoisotopic (exact) mass is 271 g/mol. The lowest BCUT2D eigenvalue weighted by molar-refractivity contribution is 0.295. The second-order valence-corrected chi connectivity index (χ2v) is 4.42. The lowest BCUT2D eigenvalue weighted by Crippen LogP contribution is -2.26. The van der Waals surface area contributed by atoms with E-state index < -0.39 is 0 Å². The van der Waals surface area contributed by atoms with Crippen LogP contribution in [0.1, 0.15) is 18.9 Å². The van der Waals surface area contributed by atoms with E-state index in [2.05, 4.69) is 6.07 Å². The zero-order valence-electron chi connectivity index (χ0n) is 11.5. The number of aryl methyl sites for hydroxylation is 1. The van der Waals surface area contributed by atoms with Crippen LogP contribution in [0.4, 0.5) is 0 Å². The molecule has 0 atom stereocenters. The molecule has 20 heavy (non-hydrogen) atoms. The molecular formula is C15H17N3O2. The second-order valence-electron chi connectivity index (χ2n) is 4.42. The number of hydrogen-bond acceptors (Lipinski definition) is 3. The van der Waals surface area contributed by atoms with Gasteiger partial charge in [0.25, 0.3) is 0 Å². The molecule has 0 N–H and O–H groups in total. The maximum Gasteiger partial charge on any atom is 0.328 e. The summed E-state index contributed by atoms with van der Waals surface area (Å²) in [4.78, 5) is 11.9. The van der Waals surface area contributed by atoms with Crippen LogP contribution in [0.5, 0.6) is 5.75 Å². The van der Waals surface area contributed by atoms with E-state index in [9.17, 15) is 4.79 Å². The fourth-order valence-electron chi connectivity index (χ4n) is 1.97. The lowest BCUT2D eigenvalue weighted by Gasteiger charge is -2.07. The van der Waals surface area contributed by atoms with E-state index >= 15 is 0 Å². The average molecular weight is 271 g/mol. The van der Waals surface area contributed by atoms with Gasteiger partial charge in [-0.1, -0.05) is 19.1 Å². The van der Waals surface area contributed by atoms with Crippen molar-refractivity contribution in [2.75, 3.05) is 6.61 Å². The Labute approximate surface area is 117 Å². The molecule has 1 heterocycles. The van der Waals surface area contributed by atoms with E-state index in [0.717, 1.165) is 13.0 Å². The van der Waals surface area contributed by atoms with Gasteiger partial charge < -0.3 is 4.74 Å². The van der Waals surface area contributed by atoms with Crippen LogP contribution in [0.25, 0.3) is 0 Å². The minimum absolute atomic E-state index is 0.0241. The summed E-state index contributed by atoms with van der Waals surface area (Å²) in [6, 6.07) is 9.15. The van der Waals surface area contributed by atoms with Crippen molar-refractivity contribution in [2.45, 2.75) is 26.4 Å². The summed E-state index contributed by atoms with van der Waals surface area (Å²) in [5.74, 6) is 0.552. The highest BCUT2D eigenvalue weighted by Crippen LogP contribution is 2.16. The molecule has 1 aromatic carbocycles. The zero-order valence-corrected chi connectivity index (χ0v) is 11.5. The number of aromatic nitrogens is 2. The first-order valence-corrected chi connectivity index (χ1v) is 6.63. The maximum absolute atomic E-state index is 11.9. The second kappa shape index (κ2) is 6.62. The Bertz CT molecular complexity index is 664. The van der Waals surface area contributed by atoms with Crippen LogP contribution < -0.4 is 10.4 Å². The Balaban J connectivity index is 1.97. The largest absolute Gasteiger partial charge is 0.490 e. The van der Waals surface area contributed by atoms with Crippen LogP contribution in [0.15, 0.2) is 41.5 Å². The summed E-state index contributed by atoms with van der Waals surface area (Å²) in [7, 11) is 0. The molecule has 0 amide bonds. The molecule has 0 radical (unpaired) electrons. The maximum atomic E-state index is 11.9. The molecule has 0 aliphatic heterocycles. The first-order chi connectivity index (χ1) is 9.76. The van der Waals surface area contributed by atoms with E-state index in [1.54, 1.807) is 39.7 Å². The van der Waals surface area contributed by atoms with Crippen molar-refractivity contribution in [3.8, 4) is 11.8 Å². The van der Waals surface area contributed by atoms with Crippen molar-refractivity contribution >= 4 is 0 Å². The molecule has 2 aromatic rings. The fraction of sp³-hybridized carbons (Fsp3) is 0.333.